The molecule has 0 amide bonds. The summed E-state index contributed by atoms with van der Waals surface area (Å²) >= 11 is 0. The Morgan fingerprint density at radius 1 is 1.20 bits per heavy atom. The Balaban J connectivity index is 1.40. The van der Waals surface area contributed by atoms with Crippen LogP contribution in [-0.2, 0) is 6.54 Å². The molecule has 0 spiro atoms. The van der Waals surface area contributed by atoms with Gasteiger partial charge in [0.1, 0.15) is 11.3 Å². The van der Waals surface area contributed by atoms with Crippen LogP contribution in [0.1, 0.15) is 24.1 Å². The number of fused-ring (bicyclic) bond motifs is 1. The third-order valence-corrected chi connectivity index (χ3v) is 5.26. The molecule has 1 fully saturated rings. The van der Waals surface area contributed by atoms with Gasteiger partial charge in [0, 0.05) is 29.6 Å². The van der Waals surface area contributed by atoms with Crippen LogP contribution >= 0.6 is 0 Å². The topological polar surface area (TPSA) is 119 Å². The molecule has 0 aliphatic carbocycles. The highest BCUT2D eigenvalue weighted by molar-refractivity contribution is 5.77. The van der Waals surface area contributed by atoms with E-state index in [-0.39, 0.29) is 17.6 Å². The number of benzene rings is 2. The molecule has 0 radical (unpaired) electrons. The molecular formula is C21H18N4O5. The van der Waals surface area contributed by atoms with E-state index in [2.05, 4.69) is 10.1 Å². The van der Waals surface area contributed by atoms with Gasteiger partial charge in [-0.2, -0.15) is 4.98 Å². The molecule has 1 aliphatic heterocycles. The number of nitro benzene ring substituents is 1. The molecule has 152 valence electrons. The summed E-state index contributed by atoms with van der Waals surface area (Å²) in [6.07, 6.45) is -0.0656. The van der Waals surface area contributed by atoms with E-state index in [9.17, 15) is 15.2 Å². The van der Waals surface area contributed by atoms with Gasteiger partial charge in [-0.3, -0.25) is 15.0 Å². The minimum absolute atomic E-state index is 0.0401. The molecule has 30 heavy (non-hydrogen) atoms. The predicted molar refractivity (Wildman–Crippen MR) is 106 cm³/mol. The quantitative estimate of drug-likeness (QED) is 0.394. The molecule has 2 aromatic heterocycles. The second kappa shape index (κ2) is 7.36. The van der Waals surface area contributed by atoms with Crippen LogP contribution in [0.25, 0.3) is 22.4 Å². The summed E-state index contributed by atoms with van der Waals surface area (Å²) < 4.78 is 11.4. The molecule has 2 atom stereocenters. The van der Waals surface area contributed by atoms with Crippen LogP contribution < -0.4 is 0 Å². The number of β-amino-alcohol motifs (C(OH)–C–C–N with tert-alkyl or cyclic N) is 1. The highest BCUT2D eigenvalue weighted by atomic mass is 16.6. The monoisotopic (exact) mass is 406 g/mol. The van der Waals surface area contributed by atoms with Crippen LogP contribution in [0.15, 0.2) is 63.5 Å². The summed E-state index contributed by atoms with van der Waals surface area (Å²) in [6.45, 7) is 0.946. The first-order valence-corrected chi connectivity index (χ1v) is 9.55. The molecule has 3 heterocycles. The second-order valence-corrected chi connectivity index (χ2v) is 7.35. The van der Waals surface area contributed by atoms with E-state index in [4.69, 9.17) is 8.94 Å². The Hall–Kier alpha value is -3.56. The number of aromatic nitrogens is 2. The lowest BCUT2D eigenvalue weighted by Crippen LogP contribution is -2.24. The number of hydrogen-bond acceptors (Lipinski definition) is 8. The third-order valence-electron chi connectivity index (χ3n) is 5.26. The fourth-order valence-corrected chi connectivity index (χ4v) is 3.87. The molecule has 0 bridgehead atoms. The van der Waals surface area contributed by atoms with Gasteiger partial charge in [-0.15, -0.1) is 0 Å². The Morgan fingerprint density at radius 2 is 2.07 bits per heavy atom. The van der Waals surface area contributed by atoms with Crippen LogP contribution in [0.2, 0.25) is 0 Å². The molecule has 1 saturated heterocycles. The fourth-order valence-electron chi connectivity index (χ4n) is 3.87. The normalized spacial score (nSPS) is 19.5. The zero-order valence-electron chi connectivity index (χ0n) is 15.8. The Kier molecular flexibility index (Phi) is 4.53. The van der Waals surface area contributed by atoms with Gasteiger partial charge in [-0.1, -0.05) is 35.5 Å². The lowest BCUT2D eigenvalue weighted by Gasteiger charge is -2.19. The molecule has 0 saturated carbocycles. The van der Waals surface area contributed by atoms with E-state index in [0.717, 1.165) is 16.7 Å². The number of non-ortho nitro benzene ring substituents is 1. The third kappa shape index (κ3) is 3.44. The van der Waals surface area contributed by atoms with Crippen molar-refractivity contribution in [3.05, 3.63) is 76.4 Å². The average Bonchev–Trinajstić information content (AvgIpc) is 3.46. The zero-order chi connectivity index (χ0) is 20.7. The van der Waals surface area contributed by atoms with E-state index in [1.807, 2.05) is 35.2 Å². The summed E-state index contributed by atoms with van der Waals surface area (Å²) in [5, 5.41) is 26.3. The second-order valence-electron chi connectivity index (χ2n) is 7.35. The van der Waals surface area contributed by atoms with E-state index >= 15 is 0 Å². The van der Waals surface area contributed by atoms with Crippen LogP contribution in [0, 0.1) is 10.1 Å². The predicted octanol–water partition coefficient (Wildman–Crippen LogP) is 3.70. The minimum Gasteiger partial charge on any atom is -0.460 e. The lowest BCUT2D eigenvalue weighted by atomic mass is 10.2. The van der Waals surface area contributed by atoms with Crippen molar-refractivity contribution in [3.8, 4) is 11.4 Å². The molecule has 2 aromatic carbocycles. The van der Waals surface area contributed by atoms with Crippen molar-refractivity contribution in [1.29, 1.82) is 0 Å². The number of aliphatic hydroxyl groups is 1. The first-order valence-electron chi connectivity index (χ1n) is 9.55. The van der Waals surface area contributed by atoms with Gasteiger partial charge < -0.3 is 14.0 Å². The largest absolute Gasteiger partial charge is 0.460 e. The maximum absolute atomic E-state index is 11.0. The number of aliphatic hydroxyl groups excluding tert-OH is 1. The first-order chi connectivity index (χ1) is 14.6. The molecule has 4 aromatic rings. The number of likely N-dealkylation sites (tertiary alicyclic amines) is 1. The maximum atomic E-state index is 11.0. The number of para-hydroxylation sites is 1. The van der Waals surface area contributed by atoms with Crippen LogP contribution in [0.3, 0.4) is 0 Å². The number of rotatable bonds is 5. The van der Waals surface area contributed by atoms with Crippen molar-refractivity contribution in [2.75, 3.05) is 6.54 Å². The summed E-state index contributed by atoms with van der Waals surface area (Å²) in [5.74, 6) is 1.43. The summed E-state index contributed by atoms with van der Waals surface area (Å²) in [5.41, 5.74) is 1.28. The van der Waals surface area contributed by atoms with Crippen LogP contribution in [0.5, 0.6) is 0 Å². The van der Waals surface area contributed by atoms with Gasteiger partial charge in [0.2, 0.25) is 11.7 Å². The average molecular weight is 406 g/mol. The van der Waals surface area contributed by atoms with Crippen LogP contribution in [0.4, 0.5) is 5.69 Å². The van der Waals surface area contributed by atoms with Crippen molar-refractivity contribution in [2.24, 2.45) is 0 Å². The first kappa shape index (κ1) is 18.5. The molecule has 1 N–H and O–H groups in total. The van der Waals surface area contributed by atoms with Crippen molar-refractivity contribution >= 4 is 16.7 Å². The molecule has 9 nitrogen and oxygen atoms in total. The number of nitro groups is 1. The fraction of sp³-hybridized carbons (Fsp3) is 0.238. The maximum Gasteiger partial charge on any atom is 0.270 e. The van der Waals surface area contributed by atoms with E-state index in [1.165, 1.54) is 12.1 Å². The van der Waals surface area contributed by atoms with Gasteiger partial charge in [-0.05, 0) is 18.6 Å². The van der Waals surface area contributed by atoms with Gasteiger partial charge in [0.15, 0.2) is 0 Å². The molecule has 0 unspecified atom stereocenters. The number of nitrogens with zero attached hydrogens (tertiary/aromatic N) is 4. The molecule has 5 rings (SSSR count). The standard InChI is InChI=1S/C21H18N4O5/c26-16-10-18(24(11-16)12-17-9-13-4-1-2-7-19(13)29-17)21-22-20(23-30-21)14-5-3-6-15(8-14)25(27)28/h1-9,16,18,26H,10-12H2/t16-,18+/m1/s1. The van der Waals surface area contributed by atoms with Gasteiger partial charge in [0.25, 0.3) is 5.69 Å². The Bertz CT molecular complexity index is 1180. The Labute approximate surface area is 170 Å². The smallest absolute Gasteiger partial charge is 0.270 e. The van der Waals surface area contributed by atoms with E-state index in [0.29, 0.717) is 31.0 Å². The number of furan rings is 1. The van der Waals surface area contributed by atoms with E-state index in [1.54, 1.807) is 12.1 Å². The highest BCUT2D eigenvalue weighted by Gasteiger charge is 2.36. The van der Waals surface area contributed by atoms with Gasteiger partial charge >= 0.3 is 0 Å². The highest BCUT2D eigenvalue weighted by Crippen LogP contribution is 2.34. The van der Waals surface area contributed by atoms with Crippen LogP contribution in [-0.4, -0.2) is 37.7 Å². The van der Waals surface area contributed by atoms with Gasteiger partial charge in [0.05, 0.1) is 23.6 Å². The lowest BCUT2D eigenvalue weighted by molar-refractivity contribution is -0.384. The van der Waals surface area contributed by atoms with Crippen molar-refractivity contribution in [1.82, 2.24) is 15.0 Å². The molecule has 1 aliphatic rings. The summed E-state index contributed by atoms with van der Waals surface area (Å²) in [6, 6.07) is 15.6. The van der Waals surface area contributed by atoms with E-state index < -0.39 is 11.0 Å². The Morgan fingerprint density at radius 3 is 2.90 bits per heavy atom. The van der Waals surface area contributed by atoms with Crippen molar-refractivity contribution in [2.45, 2.75) is 25.1 Å². The van der Waals surface area contributed by atoms with Gasteiger partial charge in [-0.25, -0.2) is 0 Å². The minimum atomic E-state index is -0.521. The molecular weight excluding hydrogens is 388 g/mol. The van der Waals surface area contributed by atoms with Crippen molar-refractivity contribution in [3.63, 3.8) is 0 Å². The SMILES string of the molecule is O=[N+]([O-])c1cccc(-c2noc([C@@H]3C[C@@H](O)CN3Cc3cc4ccccc4o3)n2)c1. The van der Waals surface area contributed by atoms with Crippen molar-refractivity contribution < 1.29 is 19.0 Å². The molecule has 9 heteroatoms. The summed E-state index contributed by atoms with van der Waals surface area (Å²) in [4.78, 5) is 17.0. The summed E-state index contributed by atoms with van der Waals surface area (Å²) in [7, 11) is 0. The number of hydrogen-bond donors (Lipinski definition) is 1. The zero-order valence-corrected chi connectivity index (χ0v) is 15.8.